The lowest BCUT2D eigenvalue weighted by Gasteiger charge is -2.04. The molecule has 0 saturated carbocycles. The van der Waals surface area contributed by atoms with Crippen LogP contribution in [0.1, 0.15) is 10.4 Å². The number of halogens is 1. The van der Waals surface area contributed by atoms with Gasteiger partial charge in [0.25, 0.3) is 5.91 Å². The van der Waals surface area contributed by atoms with Crippen molar-refractivity contribution in [2.75, 3.05) is 11.9 Å². The van der Waals surface area contributed by atoms with Gasteiger partial charge in [0.2, 0.25) is 11.0 Å². The highest BCUT2D eigenvalue weighted by molar-refractivity contribution is 9.10. The minimum absolute atomic E-state index is 0.138. The van der Waals surface area contributed by atoms with Crippen LogP contribution in [0.25, 0.3) is 10.6 Å². The van der Waals surface area contributed by atoms with Gasteiger partial charge in [-0.3, -0.25) is 14.9 Å². The maximum absolute atomic E-state index is 11.9. The average molecular weight is 417 g/mol. The Morgan fingerprint density at radius 2 is 1.72 bits per heavy atom. The first-order valence-corrected chi connectivity index (χ1v) is 8.95. The van der Waals surface area contributed by atoms with Gasteiger partial charge in [0.05, 0.1) is 6.54 Å². The molecule has 1 aromatic heterocycles. The fourth-order valence-corrected chi connectivity index (χ4v) is 3.03. The van der Waals surface area contributed by atoms with Crippen LogP contribution in [0.2, 0.25) is 0 Å². The summed E-state index contributed by atoms with van der Waals surface area (Å²) in [4.78, 5) is 23.8. The van der Waals surface area contributed by atoms with E-state index in [9.17, 15) is 9.59 Å². The first-order chi connectivity index (χ1) is 12.1. The van der Waals surface area contributed by atoms with Gasteiger partial charge in [0.15, 0.2) is 0 Å². The molecule has 2 aromatic carbocycles. The number of anilines is 1. The fraction of sp³-hybridized carbons (Fsp3) is 0.0588. The second-order valence-electron chi connectivity index (χ2n) is 5.02. The summed E-state index contributed by atoms with van der Waals surface area (Å²) in [6, 6.07) is 16.4. The predicted octanol–water partition coefficient (Wildman–Crippen LogP) is 3.34. The van der Waals surface area contributed by atoms with Gasteiger partial charge in [0, 0.05) is 15.6 Å². The highest BCUT2D eigenvalue weighted by Crippen LogP contribution is 2.27. The molecule has 25 heavy (non-hydrogen) atoms. The molecule has 0 fully saturated rings. The van der Waals surface area contributed by atoms with Crippen molar-refractivity contribution in [3.8, 4) is 10.6 Å². The highest BCUT2D eigenvalue weighted by atomic mass is 79.9. The third-order valence-corrected chi connectivity index (χ3v) is 4.62. The zero-order valence-corrected chi connectivity index (χ0v) is 15.3. The van der Waals surface area contributed by atoms with Crippen molar-refractivity contribution in [2.24, 2.45) is 0 Å². The van der Waals surface area contributed by atoms with E-state index in [0.717, 1.165) is 10.0 Å². The van der Waals surface area contributed by atoms with E-state index in [4.69, 9.17) is 0 Å². The van der Waals surface area contributed by atoms with Crippen LogP contribution < -0.4 is 10.6 Å². The van der Waals surface area contributed by atoms with E-state index in [2.05, 4.69) is 36.8 Å². The largest absolute Gasteiger partial charge is 0.343 e. The van der Waals surface area contributed by atoms with Crippen LogP contribution in [-0.4, -0.2) is 28.6 Å². The first kappa shape index (κ1) is 17.2. The van der Waals surface area contributed by atoms with Gasteiger partial charge < -0.3 is 5.32 Å². The Hall–Kier alpha value is -2.58. The van der Waals surface area contributed by atoms with Crippen molar-refractivity contribution in [1.82, 2.24) is 15.5 Å². The summed E-state index contributed by atoms with van der Waals surface area (Å²) in [6.45, 7) is -0.138. The topological polar surface area (TPSA) is 84.0 Å². The summed E-state index contributed by atoms with van der Waals surface area (Å²) in [5, 5.41) is 14.3. The van der Waals surface area contributed by atoms with E-state index in [1.165, 1.54) is 11.3 Å². The molecule has 0 saturated heterocycles. The van der Waals surface area contributed by atoms with Gasteiger partial charge in [-0.25, -0.2) is 0 Å². The molecule has 0 bridgehead atoms. The molecule has 126 valence electrons. The summed E-state index contributed by atoms with van der Waals surface area (Å²) in [6.07, 6.45) is 0. The van der Waals surface area contributed by atoms with Gasteiger partial charge in [-0.05, 0) is 24.3 Å². The zero-order valence-electron chi connectivity index (χ0n) is 12.9. The van der Waals surface area contributed by atoms with E-state index < -0.39 is 0 Å². The monoisotopic (exact) mass is 416 g/mol. The lowest BCUT2D eigenvalue weighted by atomic mass is 10.2. The maximum atomic E-state index is 11.9. The molecular formula is C17H13BrN4O2S. The number of amides is 2. The van der Waals surface area contributed by atoms with E-state index in [1.807, 2.05) is 30.3 Å². The Balaban J connectivity index is 1.55. The molecule has 0 aliphatic rings. The van der Waals surface area contributed by atoms with E-state index in [1.54, 1.807) is 24.3 Å². The van der Waals surface area contributed by atoms with Crippen molar-refractivity contribution in [3.05, 3.63) is 64.6 Å². The molecule has 3 aromatic rings. The Bertz CT molecular complexity index is 881. The average Bonchev–Trinajstić information content (AvgIpc) is 3.09. The summed E-state index contributed by atoms with van der Waals surface area (Å²) in [5.74, 6) is -0.661. The highest BCUT2D eigenvalue weighted by Gasteiger charge is 2.11. The molecular weight excluding hydrogens is 404 g/mol. The van der Waals surface area contributed by atoms with Gasteiger partial charge in [-0.2, -0.15) is 0 Å². The number of carbonyl (C=O) groups is 2. The molecule has 0 unspecified atom stereocenters. The number of carbonyl (C=O) groups excluding carboxylic acids is 2. The van der Waals surface area contributed by atoms with Crippen molar-refractivity contribution >= 4 is 44.2 Å². The van der Waals surface area contributed by atoms with Crippen molar-refractivity contribution in [1.29, 1.82) is 0 Å². The van der Waals surface area contributed by atoms with Crippen LogP contribution in [0.15, 0.2) is 59.1 Å². The van der Waals surface area contributed by atoms with Crippen LogP contribution in [-0.2, 0) is 4.79 Å². The molecule has 6 nitrogen and oxygen atoms in total. The van der Waals surface area contributed by atoms with Crippen LogP contribution in [0.4, 0.5) is 5.13 Å². The van der Waals surface area contributed by atoms with E-state index >= 15 is 0 Å². The van der Waals surface area contributed by atoms with Crippen LogP contribution in [0.3, 0.4) is 0 Å². The third-order valence-electron chi connectivity index (χ3n) is 3.21. The van der Waals surface area contributed by atoms with Crippen LogP contribution in [0, 0.1) is 0 Å². The molecule has 0 radical (unpaired) electrons. The predicted molar refractivity (Wildman–Crippen MR) is 100 cm³/mol. The van der Waals surface area contributed by atoms with Crippen molar-refractivity contribution in [2.45, 2.75) is 0 Å². The Kier molecular flexibility index (Phi) is 5.52. The first-order valence-electron chi connectivity index (χ1n) is 7.34. The number of aromatic nitrogens is 2. The number of benzene rings is 2. The maximum Gasteiger partial charge on any atom is 0.251 e. The molecule has 0 aliphatic heterocycles. The second kappa shape index (κ2) is 8.00. The molecule has 8 heteroatoms. The minimum Gasteiger partial charge on any atom is -0.343 e. The Morgan fingerprint density at radius 1 is 1.00 bits per heavy atom. The Labute approximate surface area is 156 Å². The zero-order chi connectivity index (χ0) is 17.6. The van der Waals surface area contributed by atoms with Gasteiger partial charge in [0.1, 0.15) is 5.01 Å². The molecule has 1 heterocycles. The van der Waals surface area contributed by atoms with Crippen LogP contribution in [0.5, 0.6) is 0 Å². The molecule has 2 amide bonds. The standard InChI is InChI=1S/C17H13BrN4O2S/c18-13-8-6-12(7-9-13)16-21-22-17(25-16)20-14(23)10-19-15(24)11-4-2-1-3-5-11/h1-9H,10H2,(H,19,24)(H,20,22,23). The number of nitrogens with zero attached hydrogens (tertiary/aromatic N) is 2. The second-order valence-corrected chi connectivity index (χ2v) is 6.91. The molecule has 0 aliphatic carbocycles. The molecule has 0 spiro atoms. The van der Waals surface area contributed by atoms with Gasteiger partial charge in [-0.1, -0.05) is 57.6 Å². The summed E-state index contributed by atoms with van der Waals surface area (Å²) in [7, 11) is 0. The fourth-order valence-electron chi connectivity index (χ4n) is 2.00. The van der Waals surface area contributed by atoms with E-state index in [0.29, 0.717) is 15.7 Å². The van der Waals surface area contributed by atoms with Gasteiger partial charge in [-0.15, -0.1) is 10.2 Å². The SMILES string of the molecule is O=C(CNC(=O)c1ccccc1)Nc1nnc(-c2ccc(Br)cc2)s1. The van der Waals surface area contributed by atoms with E-state index in [-0.39, 0.29) is 18.4 Å². The third kappa shape index (κ3) is 4.71. The number of hydrogen-bond acceptors (Lipinski definition) is 5. The van der Waals surface area contributed by atoms with Crippen molar-refractivity contribution < 1.29 is 9.59 Å². The quantitative estimate of drug-likeness (QED) is 0.667. The summed E-state index contributed by atoms with van der Waals surface area (Å²) >= 11 is 4.65. The summed E-state index contributed by atoms with van der Waals surface area (Å²) in [5.41, 5.74) is 1.42. The number of rotatable bonds is 5. The lowest BCUT2D eigenvalue weighted by molar-refractivity contribution is -0.115. The molecule has 0 atom stereocenters. The Morgan fingerprint density at radius 3 is 2.44 bits per heavy atom. The summed E-state index contributed by atoms with van der Waals surface area (Å²) < 4.78 is 0.975. The lowest BCUT2D eigenvalue weighted by Crippen LogP contribution is -2.32. The van der Waals surface area contributed by atoms with Crippen molar-refractivity contribution in [3.63, 3.8) is 0 Å². The smallest absolute Gasteiger partial charge is 0.251 e. The normalized spacial score (nSPS) is 10.3. The molecule has 2 N–H and O–H groups in total. The minimum atomic E-state index is -0.359. The van der Waals surface area contributed by atoms with Gasteiger partial charge >= 0.3 is 0 Å². The molecule has 3 rings (SSSR count). The number of nitrogens with one attached hydrogen (secondary N) is 2. The van der Waals surface area contributed by atoms with Crippen LogP contribution >= 0.6 is 27.3 Å². The number of hydrogen-bond donors (Lipinski definition) is 2.